The fourth-order valence-corrected chi connectivity index (χ4v) is 2.74. The standard InChI is InChI=1S/C18H32N2/c1-6-12-20(14-18(4,5)13-19)17(7-2)16-10-8-15(3)9-11-16/h8-11,17H,6-7,12-14,19H2,1-5H3. The lowest BCUT2D eigenvalue weighted by molar-refractivity contribution is 0.128. The van der Waals surface area contributed by atoms with Crippen molar-refractivity contribution in [2.24, 2.45) is 11.1 Å². The third-order valence-corrected chi connectivity index (χ3v) is 3.98. The van der Waals surface area contributed by atoms with Crippen molar-refractivity contribution in [2.45, 2.75) is 53.5 Å². The number of hydrogen-bond acceptors (Lipinski definition) is 2. The normalized spacial score (nSPS) is 13.8. The van der Waals surface area contributed by atoms with Gasteiger partial charge in [-0.2, -0.15) is 0 Å². The van der Waals surface area contributed by atoms with Crippen molar-refractivity contribution >= 4 is 0 Å². The molecule has 0 saturated heterocycles. The van der Waals surface area contributed by atoms with E-state index in [1.165, 1.54) is 17.5 Å². The van der Waals surface area contributed by atoms with Crippen LogP contribution in [-0.4, -0.2) is 24.5 Å². The number of hydrogen-bond donors (Lipinski definition) is 1. The first-order valence-corrected chi connectivity index (χ1v) is 7.94. The van der Waals surface area contributed by atoms with Gasteiger partial charge in [0.05, 0.1) is 0 Å². The Labute approximate surface area is 125 Å². The van der Waals surface area contributed by atoms with Crippen LogP contribution in [0.15, 0.2) is 24.3 Å². The predicted octanol–water partition coefficient (Wildman–Crippen LogP) is 4.14. The number of benzene rings is 1. The van der Waals surface area contributed by atoms with E-state index < -0.39 is 0 Å². The van der Waals surface area contributed by atoms with Gasteiger partial charge in [-0.25, -0.2) is 0 Å². The van der Waals surface area contributed by atoms with Crippen molar-refractivity contribution in [3.63, 3.8) is 0 Å². The highest BCUT2D eigenvalue weighted by molar-refractivity contribution is 5.24. The molecule has 1 aromatic carbocycles. The molecule has 1 aromatic rings. The molecule has 0 bridgehead atoms. The Morgan fingerprint density at radius 1 is 1.15 bits per heavy atom. The Kier molecular flexibility index (Phi) is 6.70. The SMILES string of the molecule is CCCN(CC(C)(C)CN)C(CC)c1ccc(C)cc1. The van der Waals surface area contributed by atoms with Crippen molar-refractivity contribution in [2.75, 3.05) is 19.6 Å². The summed E-state index contributed by atoms with van der Waals surface area (Å²) in [5.41, 5.74) is 8.85. The Balaban J connectivity index is 2.93. The summed E-state index contributed by atoms with van der Waals surface area (Å²) in [7, 11) is 0. The van der Waals surface area contributed by atoms with E-state index in [0.717, 1.165) is 26.1 Å². The molecule has 2 nitrogen and oxygen atoms in total. The van der Waals surface area contributed by atoms with E-state index in [4.69, 9.17) is 5.73 Å². The third kappa shape index (κ3) is 4.92. The van der Waals surface area contributed by atoms with E-state index in [9.17, 15) is 0 Å². The van der Waals surface area contributed by atoms with Crippen molar-refractivity contribution in [1.82, 2.24) is 4.90 Å². The molecule has 0 fully saturated rings. The molecular formula is C18H32N2. The molecule has 0 aromatic heterocycles. The van der Waals surface area contributed by atoms with Crippen LogP contribution >= 0.6 is 0 Å². The summed E-state index contributed by atoms with van der Waals surface area (Å²) in [5.74, 6) is 0. The van der Waals surface area contributed by atoms with Gasteiger partial charge in [-0.05, 0) is 43.8 Å². The summed E-state index contributed by atoms with van der Waals surface area (Å²) in [6.45, 7) is 14.1. The Morgan fingerprint density at radius 2 is 1.75 bits per heavy atom. The van der Waals surface area contributed by atoms with Crippen LogP contribution in [0.1, 0.15) is 57.7 Å². The van der Waals surface area contributed by atoms with E-state index in [-0.39, 0.29) is 5.41 Å². The molecule has 0 amide bonds. The van der Waals surface area contributed by atoms with Gasteiger partial charge in [-0.1, -0.05) is 57.5 Å². The van der Waals surface area contributed by atoms with Gasteiger partial charge in [0.25, 0.3) is 0 Å². The highest BCUT2D eigenvalue weighted by Gasteiger charge is 2.25. The molecule has 0 radical (unpaired) electrons. The minimum absolute atomic E-state index is 0.174. The summed E-state index contributed by atoms with van der Waals surface area (Å²) >= 11 is 0. The van der Waals surface area contributed by atoms with E-state index >= 15 is 0 Å². The fourth-order valence-electron chi connectivity index (χ4n) is 2.74. The molecule has 20 heavy (non-hydrogen) atoms. The minimum atomic E-state index is 0.174. The number of nitrogens with two attached hydrogens (primary N) is 1. The topological polar surface area (TPSA) is 29.3 Å². The van der Waals surface area contributed by atoms with Crippen LogP contribution in [0.5, 0.6) is 0 Å². The molecule has 1 atom stereocenters. The van der Waals surface area contributed by atoms with E-state index in [1.807, 2.05) is 0 Å². The third-order valence-electron chi connectivity index (χ3n) is 3.98. The minimum Gasteiger partial charge on any atom is -0.330 e. The van der Waals surface area contributed by atoms with Gasteiger partial charge in [-0.3, -0.25) is 4.90 Å². The molecule has 1 rings (SSSR count). The maximum Gasteiger partial charge on any atom is 0.0345 e. The molecule has 0 saturated carbocycles. The average molecular weight is 276 g/mol. The lowest BCUT2D eigenvalue weighted by Gasteiger charge is -2.37. The Morgan fingerprint density at radius 3 is 2.20 bits per heavy atom. The van der Waals surface area contributed by atoms with E-state index in [0.29, 0.717) is 6.04 Å². The van der Waals surface area contributed by atoms with Crippen LogP contribution in [0.25, 0.3) is 0 Å². The predicted molar refractivity (Wildman–Crippen MR) is 88.9 cm³/mol. The zero-order chi connectivity index (χ0) is 15.2. The largest absolute Gasteiger partial charge is 0.330 e. The number of aryl methyl sites for hydroxylation is 1. The van der Waals surface area contributed by atoms with Gasteiger partial charge >= 0.3 is 0 Å². The van der Waals surface area contributed by atoms with Crippen LogP contribution in [0, 0.1) is 12.3 Å². The van der Waals surface area contributed by atoms with Crippen LogP contribution < -0.4 is 5.73 Å². The first-order chi connectivity index (χ1) is 9.43. The summed E-state index contributed by atoms with van der Waals surface area (Å²) in [5, 5.41) is 0. The van der Waals surface area contributed by atoms with Crippen molar-refractivity contribution < 1.29 is 0 Å². The number of rotatable bonds is 8. The van der Waals surface area contributed by atoms with Crippen molar-refractivity contribution in [1.29, 1.82) is 0 Å². The van der Waals surface area contributed by atoms with Gasteiger partial charge in [0.15, 0.2) is 0 Å². The van der Waals surface area contributed by atoms with Gasteiger partial charge in [0.2, 0.25) is 0 Å². The van der Waals surface area contributed by atoms with Crippen molar-refractivity contribution in [3.8, 4) is 0 Å². The fraction of sp³-hybridized carbons (Fsp3) is 0.667. The molecule has 0 aliphatic carbocycles. The highest BCUT2D eigenvalue weighted by atomic mass is 15.2. The molecule has 2 N–H and O–H groups in total. The first-order valence-electron chi connectivity index (χ1n) is 7.94. The van der Waals surface area contributed by atoms with Crippen LogP contribution in [-0.2, 0) is 0 Å². The summed E-state index contributed by atoms with van der Waals surface area (Å²) in [6.07, 6.45) is 2.33. The molecule has 114 valence electrons. The second-order valence-electron chi connectivity index (χ2n) is 6.67. The van der Waals surface area contributed by atoms with Gasteiger partial charge in [0.1, 0.15) is 0 Å². The zero-order valence-corrected chi connectivity index (χ0v) is 13.9. The lowest BCUT2D eigenvalue weighted by atomic mass is 9.91. The van der Waals surface area contributed by atoms with E-state index in [1.54, 1.807) is 0 Å². The lowest BCUT2D eigenvalue weighted by Crippen LogP contribution is -2.41. The van der Waals surface area contributed by atoms with Gasteiger partial charge < -0.3 is 5.73 Å². The van der Waals surface area contributed by atoms with E-state index in [2.05, 4.69) is 63.8 Å². The van der Waals surface area contributed by atoms with Crippen LogP contribution in [0.3, 0.4) is 0 Å². The maximum atomic E-state index is 5.92. The molecule has 2 heteroatoms. The quantitative estimate of drug-likeness (QED) is 0.773. The maximum absolute atomic E-state index is 5.92. The molecule has 0 aliphatic rings. The molecule has 1 unspecified atom stereocenters. The Hall–Kier alpha value is -0.860. The molecular weight excluding hydrogens is 244 g/mol. The first kappa shape index (κ1) is 17.2. The average Bonchev–Trinajstić information content (AvgIpc) is 2.41. The number of nitrogens with zero attached hydrogens (tertiary/aromatic N) is 1. The zero-order valence-electron chi connectivity index (χ0n) is 13.9. The van der Waals surface area contributed by atoms with Gasteiger partial charge in [-0.15, -0.1) is 0 Å². The molecule has 0 aliphatic heterocycles. The second kappa shape index (κ2) is 7.80. The smallest absolute Gasteiger partial charge is 0.0345 e. The highest BCUT2D eigenvalue weighted by Crippen LogP contribution is 2.28. The summed E-state index contributed by atoms with van der Waals surface area (Å²) in [4.78, 5) is 2.61. The summed E-state index contributed by atoms with van der Waals surface area (Å²) in [6, 6.07) is 9.50. The second-order valence-corrected chi connectivity index (χ2v) is 6.67. The van der Waals surface area contributed by atoms with Crippen LogP contribution in [0.2, 0.25) is 0 Å². The Bertz CT molecular complexity index is 381. The van der Waals surface area contributed by atoms with Gasteiger partial charge in [0, 0.05) is 12.6 Å². The summed E-state index contributed by atoms with van der Waals surface area (Å²) < 4.78 is 0. The van der Waals surface area contributed by atoms with Crippen LogP contribution in [0.4, 0.5) is 0 Å². The van der Waals surface area contributed by atoms with Crippen molar-refractivity contribution in [3.05, 3.63) is 35.4 Å². The molecule has 0 heterocycles. The molecule has 0 spiro atoms. The monoisotopic (exact) mass is 276 g/mol.